The summed E-state index contributed by atoms with van der Waals surface area (Å²) in [6, 6.07) is 4.65. The van der Waals surface area contributed by atoms with Gasteiger partial charge in [0.2, 0.25) is 0 Å². The molecule has 0 aliphatic carbocycles. The van der Waals surface area contributed by atoms with Gasteiger partial charge in [0, 0.05) is 31.3 Å². The Hall–Kier alpha value is -2.92. The monoisotopic (exact) mass is 481 g/mol. The largest absolute Gasteiger partial charge is 0.477 e. The van der Waals surface area contributed by atoms with E-state index in [-0.39, 0.29) is 49.3 Å². The topological polar surface area (TPSA) is 140 Å². The summed E-state index contributed by atoms with van der Waals surface area (Å²) < 4.78 is 16.1. The van der Waals surface area contributed by atoms with Crippen LogP contribution in [0.5, 0.6) is 5.75 Å². The van der Waals surface area contributed by atoms with E-state index >= 15 is 0 Å². The van der Waals surface area contributed by atoms with Crippen molar-refractivity contribution in [1.82, 2.24) is 10.2 Å². The van der Waals surface area contributed by atoms with Crippen LogP contribution in [0.4, 0.5) is 10.5 Å². The minimum Gasteiger partial charge on any atom is -0.477 e. The van der Waals surface area contributed by atoms with E-state index in [1.165, 1.54) is 6.07 Å². The number of aliphatic hydroxyl groups is 1. The summed E-state index contributed by atoms with van der Waals surface area (Å²) in [5, 5.41) is 23.2. The second-order valence-corrected chi connectivity index (χ2v) is 9.06. The standard InChI is InChI=1S/C23H35N3O8/c1-23(2,3)34-22(29)25-11-9-18(10-12-25)24-20(28)16-33-19-8-4-6-17(21(19)26(30)31)7-5-14-32-15-13-27/h4,6,8,18,27H,5,7,9-16H2,1-3H3,(H,24,28). The summed E-state index contributed by atoms with van der Waals surface area (Å²) in [6.07, 6.45) is 1.75. The maximum atomic E-state index is 12.4. The van der Waals surface area contributed by atoms with Crippen molar-refractivity contribution in [1.29, 1.82) is 0 Å². The van der Waals surface area contributed by atoms with Gasteiger partial charge in [-0.15, -0.1) is 0 Å². The van der Waals surface area contributed by atoms with Gasteiger partial charge in [0.25, 0.3) is 5.91 Å². The molecular weight excluding hydrogens is 446 g/mol. The van der Waals surface area contributed by atoms with Crippen LogP contribution in [-0.2, 0) is 20.7 Å². The quantitative estimate of drug-likeness (QED) is 0.279. The normalized spacial score (nSPS) is 14.5. The van der Waals surface area contributed by atoms with E-state index in [1.807, 2.05) is 20.8 Å². The van der Waals surface area contributed by atoms with E-state index in [4.69, 9.17) is 19.3 Å². The van der Waals surface area contributed by atoms with Crippen molar-refractivity contribution in [2.24, 2.45) is 0 Å². The fourth-order valence-corrected chi connectivity index (χ4v) is 3.57. The van der Waals surface area contributed by atoms with Gasteiger partial charge in [0.1, 0.15) is 5.60 Å². The molecule has 190 valence electrons. The molecule has 11 nitrogen and oxygen atoms in total. The first-order chi connectivity index (χ1) is 16.1. The predicted octanol–water partition coefficient (Wildman–Crippen LogP) is 2.43. The molecule has 34 heavy (non-hydrogen) atoms. The highest BCUT2D eigenvalue weighted by Gasteiger charge is 2.28. The number of likely N-dealkylation sites (tertiary alicyclic amines) is 1. The molecule has 1 fully saturated rings. The lowest BCUT2D eigenvalue weighted by atomic mass is 10.1. The zero-order valence-electron chi connectivity index (χ0n) is 20.1. The molecule has 0 unspecified atom stereocenters. The zero-order chi connectivity index (χ0) is 25.1. The number of aliphatic hydroxyl groups excluding tert-OH is 1. The number of piperidine rings is 1. The average molecular weight is 482 g/mol. The van der Waals surface area contributed by atoms with Crippen molar-refractivity contribution in [3.63, 3.8) is 0 Å². The van der Waals surface area contributed by atoms with Gasteiger partial charge in [-0.1, -0.05) is 12.1 Å². The molecule has 1 aliphatic rings. The predicted molar refractivity (Wildman–Crippen MR) is 124 cm³/mol. The van der Waals surface area contributed by atoms with E-state index in [0.717, 1.165) is 0 Å². The Morgan fingerprint density at radius 2 is 1.94 bits per heavy atom. The lowest BCUT2D eigenvalue weighted by Crippen LogP contribution is -2.48. The number of aryl methyl sites for hydroxylation is 1. The number of benzene rings is 1. The number of ether oxygens (including phenoxy) is 3. The van der Waals surface area contributed by atoms with E-state index in [0.29, 0.717) is 50.9 Å². The zero-order valence-corrected chi connectivity index (χ0v) is 20.1. The van der Waals surface area contributed by atoms with Crippen molar-refractivity contribution in [3.8, 4) is 5.75 Å². The van der Waals surface area contributed by atoms with Crippen LogP contribution < -0.4 is 10.1 Å². The van der Waals surface area contributed by atoms with Crippen LogP contribution >= 0.6 is 0 Å². The second kappa shape index (κ2) is 13.1. The van der Waals surface area contributed by atoms with Gasteiger partial charge in [0.15, 0.2) is 12.4 Å². The Balaban J connectivity index is 1.84. The third kappa shape index (κ3) is 9.14. The minimum absolute atomic E-state index is 0.0358. The number of hydrogen-bond acceptors (Lipinski definition) is 8. The average Bonchev–Trinajstić information content (AvgIpc) is 2.76. The van der Waals surface area contributed by atoms with Crippen LogP contribution in [0.25, 0.3) is 0 Å². The third-order valence-corrected chi connectivity index (χ3v) is 5.11. The van der Waals surface area contributed by atoms with E-state index in [2.05, 4.69) is 5.32 Å². The van der Waals surface area contributed by atoms with Gasteiger partial charge in [-0.25, -0.2) is 4.79 Å². The van der Waals surface area contributed by atoms with Crippen molar-refractivity contribution in [2.45, 2.75) is 58.1 Å². The van der Waals surface area contributed by atoms with Crippen LogP contribution in [0.2, 0.25) is 0 Å². The van der Waals surface area contributed by atoms with Crippen molar-refractivity contribution < 1.29 is 33.8 Å². The third-order valence-electron chi connectivity index (χ3n) is 5.11. The number of nitrogens with zero attached hydrogens (tertiary/aromatic N) is 2. The molecule has 0 aromatic heterocycles. The van der Waals surface area contributed by atoms with Crippen molar-refractivity contribution in [3.05, 3.63) is 33.9 Å². The number of amides is 2. The Labute approximate surface area is 199 Å². The Morgan fingerprint density at radius 3 is 2.56 bits per heavy atom. The first kappa shape index (κ1) is 27.3. The van der Waals surface area contributed by atoms with Crippen molar-refractivity contribution >= 4 is 17.7 Å². The van der Waals surface area contributed by atoms with Gasteiger partial charge in [-0.05, 0) is 52.5 Å². The molecule has 0 bridgehead atoms. The van der Waals surface area contributed by atoms with Gasteiger partial charge in [-0.2, -0.15) is 0 Å². The molecule has 1 aromatic rings. The maximum absolute atomic E-state index is 12.4. The van der Waals surface area contributed by atoms with Gasteiger partial charge in [0.05, 0.1) is 18.1 Å². The number of para-hydroxylation sites is 1. The summed E-state index contributed by atoms with van der Waals surface area (Å²) in [5.74, 6) is -0.346. The highest BCUT2D eigenvalue weighted by Crippen LogP contribution is 2.31. The molecule has 0 atom stereocenters. The van der Waals surface area contributed by atoms with Crippen LogP contribution in [0, 0.1) is 10.1 Å². The van der Waals surface area contributed by atoms with Crippen molar-refractivity contribution in [2.75, 3.05) is 39.5 Å². The lowest BCUT2D eigenvalue weighted by Gasteiger charge is -2.33. The van der Waals surface area contributed by atoms with E-state index in [1.54, 1.807) is 17.0 Å². The molecular formula is C23H35N3O8. The second-order valence-electron chi connectivity index (χ2n) is 9.06. The van der Waals surface area contributed by atoms with Gasteiger partial charge >= 0.3 is 11.8 Å². The minimum atomic E-state index is -0.562. The molecule has 1 aliphatic heterocycles. The summed E-state index contributed by atoms with van der Waals surface area (Å²) in [6.45, 7) is 6.54. The van der Waals surface area contributed by atoms with Crippen LogP contribution in [0.15, 0.2) is 18.2 Å². The van der Waals surface area contributed by atoms with E-state index in [9.17, 15) is 19.7 Å². The number of nitro benzene ring substituents is 1. The molecule has 2 rings (SSSR count). The lowest BCUT2D eigenvalue weighted by molar-refractivity contribution is -0.386. The van der Waals surface area contributed by atoms with E-state index < -0.39 is 10.5 Å². The van der Waals surface area contributed by atoms with Gasteiger partial charge in [-0.3, -0.25) is 14.9 Å². The SMILES string of the molecule is CC(C)(C)OC(=O)N1CCC(NC(=O)COc2cccc(CCCOCCO)c2[N+](=O)[O-])CC1. The summed E-state index contributed by atoms with van der Waals surface area (Å²) in [7, 11) is 0. The number of hydrogen-bond donors (Lipinski definition) is 2. The highest BCUT2D eigenvalue weighted by atomic mass is 16.6. The highest BCUT2D eigenvalue weighted by molar-refractivity contribution is 5.78. The summed E-state index contributed by atoms with van der Waals surface area (Å²) in [5.41, 5.74) is -0.235. The maximum Gasteiger partial charge on any atom is 0.410 e. The summed E-state index contributed by atoms with van der Waals surface area (Å²) in [4.78, 5) is 37.3. The fourth-order valence-electron chi connectivity index (χ4n) is 3.57. The Morgan fingerprint density at radius 1 is 1.24 bits per heavy atom. The summed E-state index contributed by atoms with van der Waals surface area (Å²) >= 11 is 0. The Bertz CT molecular complexity index is 832. The molecule has 1 saturated heterocycles. The number of rotatable bonds is 11. The molecule has 2 amide bonds. The molecule has 1 heterocycles. The number of nitrogens with one attached hydrogen (secondary N) is 1. The fraction of sp³-hybridized carbons (Fsp3) is 0.652. The molecule has 11 heteroatoms. The molecule has 2 N–H and O–H groups in total. The smallest absolute Gasteiger partial charge is 0.410 e. The molecule has 0 spiro atoms. The van der Waals surface area contributed by atoms with Crippen LogP contribution in [0.3, 0.4) is 0 Å². The first-order valence-corrected chi connectivity index (χ1v) is 11.5. The molecule has 0 radical (unpaired) electrons. The van der Waals surface area contributed by atoms with Gasteiger partial charge < -0.3 is 29.5 Å². The Kier molecular flexibility index (Phi) is 10.5. The number of nitro groups is 1. The molecule has 0 saturated carbocycles. The first-order valence-electron chi connectivity index (χ1n) is 11.5. The number of carbonyl (C=O) groups excluding carboxylic acids is 2. The molecule has 1 aromatic carbocycles. The van der Waals surface area contributed by atoms with Crippen LogP contribution in [-0.4, -0.2) is 78.1 Å². The van der Waals surface area contributed by atoms with Crippen LogP contribution in [0.1, 0.15) is 45.6 Å². The number of carbonyl (C=O) groups is 2.